The zero-order chi connectivity index (χ0) is 19.1. The number of hydrogen-bond acceptors (Lipinski definition) is 3. The lowest BCUT2D eigenvalue weighted by Gasteiger charge is -2.24. The summed E-state index contributed by atoms with van der Waals surface area (Å²) >= 11 is 6.42. The fraction of sp³-hybridized carbons (Fsp3) is 0.0435. The number of fused-ring (bicyclic) bond motifs is 3. The Labute approximate surface area is 166 Å². The molecule has 0 spiro atoms. The quantitative estimate of drug-likeness (QED) is 0.480. The lowest BCUT2D eigenvalue weighted by atomic mass is 9.99. The van der Waals surface area contributed by atoms with Crippen LogP contribution < -0.4 is 10.3 Å². The smallest absolute Gasteiger partial charge is 0.263 e. The van der Waals surface area contributed by atoms with Gasteiger partial charge in [0.05, 0.1) is 5.69 Å². The highest BCUT2D eigenvalue weighted by Gasteiger charge is 2.25. The Morgan fingerprint density at radius 1 is 0.893 bits per heavy atom. The molecule has 3 heterocycles. The van der Waals surface area contributed by atoms with E-state index in [0.29, 0.717) is 28.5 Å². The second-order valence-corrected chi connectivity index (χ2v) is 6.92. The van der Waals surface area contributed by atoms with E-state index < -0.39 is 0 Å². The minimum Gasteiger partial charge on any atom is -0.485 e. The topological polar surface area (TPSA) is 44.1 Å². The van der Waals surface area contributed by atoms with E-state index in [1.807, 2.05) is 66.7 Å². The first-order chi connectivity index (χ1) is 13.7. The molecular formula is C23H15ClN2O2. The Bertz CT molecular complexity index is 1250. The molecule has 0 saturated carbocycles. The third-order valence-electron chi connectivity index (χ3n) is 4.87. The standard InChI is InChI=1S/C23H15ClN2O2/c24-19-10-5-4-9-16(19)17-13-18-20(14-28-21-11-6-12-25-22(18)21)26(23(17)27)15-7-2-1-3-8-15/h1-13H,14H2. The lowest BCUT2D eigenvalue weighted by molar-refractivity contribution is 0.292. The Kier molecular flexibility index (Phi) is 3.99. The normalized spacial score (nSPS) is 12.0. The molecule has 0 N–H and O–H groups in total. The fourth-order valence-corrected chi connectivity index (χ4v) is 3.82. The van der Waals surface area contributed by atoms with Crippen LogP contribution in [0, 0.1) is 0 Å². The third-order valence-corrected chi connectivity index (χ3v) is 5.20. The number of rotatable bonds is 2. The van der Waals surface area contributed by atoms with Crippen molar-refractivity contribution in [3.63, 3.8) is 0 Å². The minimum atomic E-state index is -0.138. The van der Waals surface area contributed by atoms with Gasteiger partial charge in [0.15, 0.2) is 0 Å². The Morgan fingerprint density at radius 3 is 2.50 bits per heavy atom. The molecule has 5 heteroatoms. The zero-order valence-corrected chi connectivity index (χ0v) is 15.6. The van der Waals surface area contributed by atoms with Crippen LogP contribution in [0.5, 0.6) is 5.75 Å². The Morgan fingerprint density at radius 2 is 1.68 bits per heavy atom. The molecule has 1 aliphatic heterocycles. The summed E-state index contributed by atoms with van der Waals surface area (Å²) in [5.41, 5.74) is 4.25. The van der Waals surface area contributed by atoms with Crippen molar-refractivity contribution in [2.24, 2.45) is 0 Å². The lowest BCUT2D eigenvalue weighted by Crippen LogP contribution is -2.27. The molecule has 1 aliphatic rings. The van der Waals surface area contributed by atoms with E-state index in [1.54, 1.807) is 16.8 Å². The van der Waals surface area contributed by atoms with Crippen molar-refractivity contribution in [2.75, 3.05) is 0 Å². The summed E-state index contributed by atoms with van der Waals surface area (Å²) in [6.45, 7) is 0.293. The molecule has 0 fully saturated rings. The van der Waals surface area contributed by atoms with Gasteiger partial charge in [0.2, 0.25) is 0 Å². The number of pyridine rings is 2. The number of hydrogen-bond donors (Lipinski definition) is 0. The number of para-hydroxylation sites is 1. The number of halogens is 1. The Balaban J connectivity index is 1.89. The maximum atomic E-state index is 13.5. The molecule has 0 aliphatic carbocycles. The number of nitrogens with zero attached hydrogens (tertiary/aromatic N) is 2. The van der Waals surface area contributed by atoms with Crippen LogP contribution in [0.3, 0.4) is 0 Å². The van der Waals surface area contributed by atoms with Crippen LogP contribution in [0.1, 0.15) is 5.69 Å². The largest absolute Gasteiger partial charge is 0.485 e. The van der Waals surface area contributed by atoms with Crippen molar-refractivity contribution >= 4 is 11.6 Å². The highest BCUT2D eigenvalue weighted by Crippen LogP contribution is 2.38. The van der Waals surface area contributed by atoms with Crippen LogP contribution in [0.4, 0.5) is 0 Å². The average molecular weight is 387 g/mol. The number of ether oxygens (including phenoxy) is 1. The molecule has 5 rings (SSSR count). The summed E-state index contributed by atoms with van der Waals surface area (Å²) in [7, 11) is 0. The molecule has 4 nitrogen and oxygen atoms in total. The molecule has 2 aromatic carbocycles. The Hall–Kier alpha value is -3.37. The zero-order valence-electron chi connectivity index (χ0n) is 14.8. The molecule has 2 aromatic heterocycles. The number of aromatic nitrogens is 2. The predicted octanol–water partition coefficient (Wildman–Crippen LogP) is 5.11. The van der Waals surface area contributed by atoms with Gasteiger partial charge in [0.25, 0.3) is 5.56 Å². The number of benzene rings is 2. The van der Waals surface area contributed by atoms with Gasteiger partial charge < -0.3 is 4.74 Å². The first-order valence-electron chi connectivity index (χ1n) is 8.91. The second kappa shape index (κ2) is 6.66. The van der Waals surface area contributed by atoms with Gasteiger partial charge in [-0.2, -0.15) is 0 Å². The van der Waals surface area contributed by atoms with Gasteiger partial charge in [-0.05, 0) is 36.4 Å². The van der Waals surface area contributed by atoms with E-state index in [1.165, 1.54) is 0 Å². The maximum Gasteiger partial charge on any atom is 0.263 e. The molecular weight excluding hydrogens is 372 g/mol. The van der Waals surface area contributed by atoms with E-state index >= 15 is 0 Å². The van der Waals surface area contributed by atoms with Gasteiger partial charge in [0, 0.05) is 33.6 Å². The van der Waals surface area contributed by atoms with E-state index in [4.69, 9.17) is 16.3 Å². The van der Waals surface area contributed by atoms with Crippen LogP contribution >= 0.6 is 11.6 Å². The van der Waals surface area contributed by atoms with Crippen molar-refractivity contribution < 1.29 is 4.74 Å². The summed E-state index contributed by atoms with van der Waals surface area (Å²) in [5, 5.41) is 0.535. The van der Waals surface area contributed by atoms with Crippen LogP contribution in [0.25, 0.3) is 28.1 Å². The summed E-state index contributed by atoms with van der Waals surface area (Å²) in [6, 6.07) is 22.5. The summed E-state index contributed by atoms with van der Waals surface area (Å²) < 4.78 is 7.59. The van der Waals surface area contributed by atoms with Gasteiger partial charge in [-0.25, -0.2) is 0 Å². The highest BCUT2D eigenvalue weighted by molar-refractivity contribution is 6.33. The first kappa shape index (κ1) is 16.8. The molecule has 28 heavy (non-hydrogen) atoms. The molecule has 0 unspecified atom stereocenters. The van der Waals surface area contributed by atoms with Crippen LogP contribution in [0.15, 0.2) is 83.8 Å². The summed E-state index contributed by atoms with van der Waals surface area (Å²) in [4.78, 5) is 18.0. The molecule has 4 aromatic rings. The van der Waals surface area contributed by atoms with Crippen molar-refractivity contribution in [1.29, 1.82) is 0 Å². The molecule has 0 amide bonds. The minimum absolute atomic E-state index is 0.138. The van der Waals surface area contributed by atoms with Gasteiger partial charge in [0.1, 0.15) is 18.1 Å². The van der Waals surface area contributed by atoms with Crippen molar-refractivity contribution in [3.8, 4) is 33.8 Å². The van der Waals surface area contributed by atoms with Gasteiger partial charge in [-0.1, -0.05) is 48.0 Å². The summed E-state index contributed by atoms with van der Waals surface area (Å²) in [5.74, 6) is 0.707. The predicted molar refractivity (Wildman–Crippen MR) is 110 cm³/mol. The van der Waals surface area contributed by atoms with Gasteiger partial charge in [-0.3, -0.25) is 14.3 Å². The maximum absolute atomic E-state index is 13.5. The molecule has 0 saturated heterocycles. The molecule has 136 valence electrons. The van der Waals surface area contributed by atoms with E-state index in [9.17, 15) is 4.79 Å². The summed E-state index contributed by atoms with van der Waals surface area (Å²) in [6.07, 6.45) is 1.73. The average Bonchev–Trinajstić information content (AvgIpc) is 2.74. The van der Waals surface area contributed by atoms with Crippen LogP contribution in [-0.4, -0.2) is 9.55 Å². The monoisotopic (exact) mass is 386 g/mol. The second-order valence-electron chi connectivity index (χ2n) is 6.51. The molecule has 0 bridgehead atoms. The fourth-order valence-electron chi connectivity index (χ4n) is 3.58. The van der Waals surface area contributed by atoms with Crippen LogP contribution in [-0.2, 0) is 6.61 Å². The van der Waals surface area contributed by atoms with Gasteiger partial charge in [-0.15, -0.1) is 0 Å². The molecule has 0 radical (unpaired) electrons. The van der Waals surface area contributed by atoms with Crippen molar-refractivity contribution in [2.45, 2.75) is 6.61 Å². The first-order valence-corrected chi connectivity index (χ1v) is 9.29. The van der Waals surface area contributed by atoms with Crippen molar-refractivity contribution in [3.05, 3.63) is 100 Å². The SMILES string of the molecule is O=c1c(-c2ccccc2Cl)cc2c(n1-c1ccccc1)COc1cccnc1-2. The van der Waals surface area contributed by atoms with Gasteiger partial charge >= 0.3 is 0 Å². The molecule has 0 atom stereocenters. The van der Waals surface area contributed by atoms with Crippen molar-refractivity contribution in [1.82, 2.24) is 9.55 Å². The third kappa shape index (κ3) is 2.62. The van der Waals surface area contributed by atoms with Crippen LogP contribution in [0.2, 0.25) is 5.02 Å². The highest BCUT2D eigenvalue weighted by atomic mass is 35.5. The van der Waals surface area contributed by atoms with E-state index in [2.05, 4.69) is 4.98 Å². The van der Waals surface area contributed by atoms with E-state index in [0.717, 1.165) is 22.6 Å². The van der Waals surface area contributed by atoms with E-state index in [-0.39, 0.29) is 5.56 Å².